The van der Waals surface area contributed by atoms with E-state index in [1.807, 2.05) is 18.2 Å². The molecule has 1 amide bonds. The van der Waals surface area contributed by atoms with Gasteiger partial charge in [0, 0.05) is 24.7 Å². The largest absolute Gasteiger partial charge is 0.480 e. The van der Waals surface area contributed by atoms with Crippen LogP contribution >= 0.6 is 12.2 Å². The van der Waals surface area contributed by atoms with Crippen LogP contribution in [0.15, 0.2) is 30.3 Å². The van der Waals surface area contributed by atoms with Crippen molar-refractivity contribution < 1.29 is 28.9 Å². The molecule has 1 saturated heterocycles. The first kappa shape index (κ1) is 20.4. The smallest absolute Gasteiger partial charge is 0.411 e. The van der Waals surface area contributed by atoms with Gasteiger partial charge in [-0.15, -0.1) is 0 Å². The minimum Gasteiger partial charge on any atom is -0.480 e. The maximum atomic E-state index is 12.5. The Morgan fingerprint density at radius 2 is 1.82 bits per heavy atom. The Morgan fingerprint density at radius 3 is 2.43 bits per heavy atom. The molecule has 1 aliphatic heterocycles. The van der Waals surface area contributed by atoms with Crippen molar-refractivity contribution in [1.82, 2.24) is 4.90 Å². The van der Waals surface area contributed by atoms with Crippen molar-refractivity contribution in [1.29, 1.82) is 0 Å². The quantitative estimate of drug-likeness (QED) is 0.768. The van der Waals surface area contributed by atoms with E-state index in [0.717, 1.165) is 0 Å². The summed E-state index contributed by atoms with van der Waals surface area (Å²) in [5, 5.41) is 9.70. The zero-order chi connectivity index (χ0) is 20.5. The van der Waals surface area contributed by atoms with Gasteiger partial charge in [0.2, 0.25) is 0 Å². The highest BCUT2D eigenvalue weighted by molar-refractivity contribution is 7.79. The van der Waals surface area contributed by atoms with Gasteiger partial charge >= 0.3 is 17.3 Å². The summed E-state index contributed by atoms with van der Waals surface area (Å²) in [6.07, 6.45) is 0.394. The maximum absolute atomic E-state index is 12.5. The topological polar surface area (TPSA) is 85.3 Å². The van der Waals surface area contributed by atoms with E-state index in [-0.39, 0.29) is 29.7 Å². The minimum atomic E-state index is -1.03. The number of carbonyl (C=O) groups is 2. The highest BCUT2D eigenvalue weighted by atomic mass is 32.1. The van der Waals surface area contributed by atoms with Crippen molar-refractivity contribution in [2.45, 2.75) is 51.4 Å². The first-order valence-corrected chi connectivity index (χ1v) is 9.72. The number of hydrogen-bond donors (Lipinski definition) is 1. The molecule has 0 spiro atoms. The zero-order valence-corrected chi connectivity index (χ0v) is 17.0. The van der Waals surface area contributed by atoms with E-state index in [1.54, 1.807) is 32.9 Å². The Hall–Kier alpha value is -2.35. The van der Waals surface area contributed by atoms with E-state index in [9.17, 15) is 14.7 Å². The molecule has 1 aromatic carbocycles. The van der Waals surface area contributed by atoms with Crippen molar-refractivity contribution in [3.63, 3.8) is 0 Å². The first-order valence-electron chi connectivity index (χ1n) is 9.31. The number of carboxylic acid groups (broad SMARTS) is 1. The molecule has 4 atom stereocenters. The number of nitrogens with zero attached hydrogens (tertiary/aromatic N) is 1. The van der Waals surface area contributed by atoms with Crippen LogP contribution in [0.5, 0.6) is 5.75 Å². The predicted molar refractivity (Wildman–Crippen MR) is 105 cm³/mol. The molecule has 152 valence electrons. The van der Waals surface area contributed by atoms with Crippen LogP contribution in [0.25, 0.3) is 0 Å². The molecule has 1 aromatic rings. The summed E-state index contributed by atoms with van der Waals surface area (Å²) >= 11 is 5.20. The molecule has 28 heavy (non-hydrogen) atoms. The molecular formula is C20H25NO6S. The molecular weight excluding hydrogens is 382 g/mol. The van der Waals surface area contributed by atoms with E-state index in [4.69, 9.17) is 26.4 Å². The predicted octanol–water partition coefficient (Wildman–Crippen LogP) is 3.47. The van der Waals surface area contributed by atoms with E-state index in [0.29, 0.717) is 18.6 Å². The highest BCUT2D eigenvalue weighted by Gasteiger charge is 2.55. The number of likely N-dealkylation sites (tertiary alicyclic amines) is 1. The van der Waals surface area contributed by atoms with Gasteiger partial charge < -0.3 is 19.3 Å². The van der Waals surface area contributed by atoms with Crippen LogP contribution in [-0.4, -0.2) is 51.6 Å². The first-order chi connectivity index (χ1) is 13.2. The lowest BCUT2D eigenvalue weighted by atomic mass is 9.93. The van der Waals surface area contributed by atoms with Gasteiger partial charge in [-0.05, 0) is 51.7 Å². The molecule has 1 saturated carbocycles. The lowest BCUT2D eigenvalue weighted by Crippen LogP contribution is -2.45. The van der Waals surface area contributed by atoms with Crippen LogP contribution in [0.4, 0.5) is 4.79 Å². The van der Waals surface area contributed by atoms with E-state index >= 15 is 0 Å². The second-order valence-electron chi connectivity index (χ2n) is 8.14. The molecule has 0 aromatic heterocycles. The number of carboxylic acids is 1. The highest BCUT2D eigenvalue weighted by Crippen LogP contribution is 2.44. The minimum absolute atomic E-state index is 0.000516. The van der Waals surface area contributed by atoms with Gasteiger partial charge in [0.1, 0.15) is 23.5 Å². The van der Waals surface area contributed by atoms with Crippen LogP contribution in [0.1, 0.15) is 33.6 Å². The Labute approximate surface area is 169 Å². The molecule has 0 radical (unpaired) electrons. The number of rotatable bonds is 3. The van der Waals surface area contributed by atoms with Gasteiger partial charge in [-0.1, -0.05) is 18.2 Å². The monoisotopic (exact) mass is 407 g/mol. The van der Waals surface area contributed by atoms with Crippen LogP contribution < -0.4 is 4.74 Å². The number of para-hydroxylation sites is 1. The fraction of sp³-hybridized carbons (Fsp3) is 0.550. The van der Waals surface area contributed by atoms with E-state index < -0.39 is 23.7 Å². The third kappa shape index (κ3) is 4.55. The van der Waals surface area contributed by atoms with Gasteiger partial charge in [-0.2, -0.15) is 0 Å². The van der Waals surface area contributed by atoms with Crippen molar-refractivity contribution >= 4 is 29.5 Å². The molecule has 0 bridgehead atoms. The number of ether oxygens (including phenoxy) is 3. The molecule has 2 aliphatic rings. The second-order valence-corrected chi connectivity index (χ2v) is 8.48. The number of aliphatic carboxylic acids is 1. The average molecular weight is 407 g/mol. The fourth-order valence-corrected chi connectivity index (χ4v) is 4.20. The summed E-state index contributed by atoms with van der Waals surface area (Å²) in [5.41, 5.74) is -0.696. The molecule has 1 aliphatic carbocycles. The average Bonchev–Trinajstić information content (AvgIpc) is 3.14. The lowest BCUT2D eigenvalue weighted by molar-refractivity contribution is -0.143. The van der Waals surface area contributed by atoms with Gasteiger partial charge in [0.05, 0.1) is 0 Å². The van der Waals surface area contributed by atoms with Gasteiger partial charge in [0.15, 0.2) is 0 Å². The Morgan fingerprint density at radius 1 is 1.14 bits per heavy atom. The number of benzene rings is 1. The summed E-state index contributed by atoms with van der Waals surface area (Å²) < 4.78 is 16.7. The Bertz CT molecular complexity index is 747. The SMILES string of the molecule is CC(C)(C)OC(=O)N1CC2C(OC(=S)Oc3ccccc3)CCC2C1C(=O)O. The Kier molecular flexibility index (Phi) is 5.79. The number of hydrogen-bond acceptors (Lipinski definition) is 6. The van der Waals surface area contributed by atoms with Crippen LogP contribution in [0.2, 0.25) is 0 Å². The maximum Gasteiger partial charge on any atom is 0.411 e. The van der Waals surface area contributed by atoms with Crippen LogP contribution in [-0.2, 0) is 14.3 Å². The molecule has 8 heteroatoms. The van der Waals surface area contributed by atoms with E-state index in [1.165, 1.54) is 4.90 Å². The fourth-order valence-electron chi connectivity index (χ4n) is 3.98. The van der Waals surface area contributed by atoms with Crippen molar-refractivity contribution in [2.24, 2.45) is 11.8 Å². The third-order valence-corrected chi connectivity index (χ3v) is 5.21. The summed E-state index contributed by atoms with van der Waals surface area (Å²) in [5.74, 6) is -0.783. The van der Waals surface area contributed by atoms with Crippen molar-refractivity contribution in [3.05, 3.63) is 30.3 Å². The van der Waals surface area contributed by atoms with Crippen molar-refractivity contribution in [3.8, 4) is 5.75 Å². The van der Waals surface area contributed by atoms with E-state index in [2.05, 4.69) is 0 Å². The molecule has 2 fully saturated rings. The third-order valence-electron chi connectivity index (χ3n) is 5.03. The van der Waals surface area contributed by atoms with Crippen molar-refractivity contribution in [2.75, 3.05) is 6.54 Å². The zero-order valence-electron chi connectivity index (χ0n) is 16.2. The van der Waals surface area contributed by atoms with Gasteiger partial charge in [-0.25, -0.2) is 9.59 Å². The van der Waals surface area contributed by atoms with Gasteiger partial charge in [-0.3, -0.25) is 4.90 Å². The standard InChI is InChI=1S/C20H25NO6S/c1-20(2,3)27-18(24)21-11-14-13(16(21)17(22)23)9-10-15(14)26-19(28)25-12-7-5-4-6-8-12/h4-8,13-16H,9-11H2,1-3H3,(H,22,23). The normalized spacial score (nSPS) is 26.5. The number of fused-ring (bicyclic) bond motifs is 1. The summed E-state index contributed by atoms with van der Waals surface area (Å²) in [6, 6.07) is 8.15. The number of carbonyl (C=O) groups excluding carboxylic acids is 1. The summed E-state index contributed by atoms with van der Waals surface area (Å²) in [7, 11) is 0. The lowest BCUT2D eigenvalue weighted by Gasteiger charge is -2.28. The second kappa shape index (κ2) is 7.95. The molecule has 4 unspecified atom stereocenters. The molecule has 1 heterocycles. The number of thiocarbonyl (C=S) groups is 1. The number of amides is 1. The Balaban J connectivity index is 1.67. The summed E-state index contributed by atoms with van der Waals surface area (Å²) in [6.45, 7) is 5.52. The van der Waals surface area contributed by atoms with Gasteiger partial charge in [0.25, 0.3) is 0 Å². The molecule has 1 N–H and O–H groups in total. The molecule has 3 rings (SSSR count). The van der Waals surface area contributed by atoms with Crippen LogP contribution in [0.3, 0.4) is 0 Å². The molecule has 7 nitrogen and oxygen atoms in total. The summed E-state index contributed by atoms with van der Waals surface area (Å²) in [4.78, 5) is 25.7. The van der Waals surface area contributed by atoms with Crippen LogP contribution in [0, 0.1) is 11.8 Å².